The lowest BCUT2D eigenvalue weighted by atomic mass is 10.0. The number of carbonyl (C=O) groups excluding carboxylic acids is 1. The first-order chi connectivity index (χ1) is 7.22. The maximum atomic E-state index is 10.7. The van der Waals surface area contributed by atoms with E-state index in [0.29, 0.717) is 28.1 Å². The van der Waals surface area contributed by atoms with E-state index >= 15 is 0 Å². The summed E-state index contributed by atoms with van der Waals surface area (Å²) in [5.41, 5.74) is 14.4. The van der Waals surface area contributed by atoms with Crippen molar-refractivity contribution in [3.63, 3.8) is 0 Å². The maximum absolute atomic E-state index is 10.7. The van der Waals surface area contributed by atoms with E-state index in [1.807, 2.05) is 0 Å². The quantitative estimate of drug-likeness (QED) is 0.575. The lowest BCUT2D eigenvalue weighted by Gasteiger charge is -2.04. The van der Waals surface area contributed by atoms with Gasteiger partial charge in [-0.15, -0.1) is 0 Å². The van der Waals surface area contributed by atoms with E-state index in [9.17, 15) is 4.79 Å². The minimum atomic E-state index is 0.465. The average molecular weight is 202 g/mol. The number of benzene rings is 1. The molecule has 2 aromatic rings. The van der Waals surface area contributed by atoms with Crippen molar-refractivity contribution in [1.82, 2.24) is 0 Å². The number of hydrogen-bond donors (Lipinski definition) is 2. The molecule has 0 saturated heterocycles. The zero-order valence-electron chi connectivity index (χ0n) is 7.94. The van der Waals surface area contributed by atoms with Crippen LogP contribution in [0.15, 0.2) is 35.1 Å². The Morgan fingerprint density at radius 1 is 1.13 bits per heavy atom. The van der Waals surface area contributed by atoms with Gasteiger partial charge >= 0.3 is 0 Å². The fraction of sp³-hybridized carbons (Fsp3) is 0. The predicted octanol–water partition coefficient (Wildman–Crippen LogP) is 1.92. The number of nitrogens with two attached hydrogens (primary N) is 2. The molecule has 0 aliphatic rings. The largest absolute Gasteiger partial charge is 0.471 e. The van der Waals surface area contributed by atoms with Gasteiger partial charge in [0.05, 0.1) is 11.8 Å². The van der Waals surface area contributed by atoms with E-state index in [0.717, 1.165) is 6.29 Å². The van der Waals surface area contributed by atoms with Crippen LogP contribution in [0.2, 0.25) is 0 Å². The fourth-order valence-electron chi connectivity index (χ4n) is 1.42. The molecule has 1 aromatic heterocycles. The number of carbonyl (C=O) groups is 1. The van der Waals surface area contributed by atoms with Crippen LogP contribution in [0.5, 0.6) is 0 Å². The van der Waals surface area contributed by atoms with Gasteiger partial charge < -0.3 is 15.9 Å². The highest BCUT2D eigenvalue weighted by Gasteiger charge is 2.10. The molecule has 0 aliphatic heterocycles. The maximum Gasteiger partial charge on any atom is 0.153 e. The third-order valence-corrected chi connectivity index (χ3v) is 2.19. The summed E-state index contributed by atoms with van der Waals surface area (Å²) in [7, 11) is 0. The van der Waals surface area contributed by atoms with Crippen molar-refractivity contribution in [2.75, 3.05) is 11.5 Å². The lowest BCUT2D eigenvalue weighted by molar-refractivity contribution is 0.112. The molecule has 0 saturated carbocycles. The molecule has 1 aromatic carbocycles. The van der Waals surface area contributed by atoms with Gasteiger partial charge in [-0.3, -0.25) is 4.79 Å². The van der Waals surface area contributed by atoms with Crippen molar-refractivity contribution < 1.29 is 9.21 Å². The highest BCUT2D eigenvalue weighted by molar-refractivity contribution is 5.91. The predicted molar refractivity (Wildman–Crippen MR) is 58.4 cm³/mol. The van der Waals surface area contributed by atoms with Crippen LogP contribution in [0.25, 0.3) is 11.1 Å². The molecule has 4 N–H and O–H groups in total. The molecule has 0 aliphatic carbocycles. The third-order valence-electron chi connectivity index (χ3n) is 2.19. The number of hydrogen-bond acceptors (Lipinski definition) is 4. The topological polar surface area (TPSA) is 82.2 Å². The van der Waals surface area contributed by atoms with Crippen molar-refractivity contribution in [3.8, 4) is 11.1 Å². The first-order valence-corrected chi connectivity index (χ1v) is 4.39. The van der Waals surface area contributed by atoms with Crippen LogP contribution in [0.1, 0.15) is 10.4 Å². The molecule has 0 fully saturated rings. The fourth-order valence-corrected chi connectivity index (χ4v) is 1.42. The van der Waals surface area contributed by atoms with Crippen molar-refractivity contribution in [2.24, 2.45) is 0 Å². The van der Waals surface area contributed by atoms with Gasteiger partial charge in [-0.05, 0) is 18.2 Å². The Hall–Kier alpha value is -2.23. The molecule has 4 heteroatoms. The molecule has 0 atom stereocenters. The number of furan rings is 1. The van der Waals surface area contributed by atoms with Crippen LogP contribution in [0.4, 0.5) is 11.4 Å². The van der Waals surface area contributed by atoms with E-state index in [4.69, 9.17) is 15.9 Å². The Morgan fingerprint density at radius 2 is 1.93 bits per heavy atom. The summed E-state index contributed by atoms with van der Waals surface area (Å²) in [5, 5.41) is 0. The third kappa shape index (κ3) is 1.57. The zero-order chi connectivity index (χ0) is 10.8. The summed E-state index contributed by atoms with van der Waals surface area (Å²) in [6.45, 7) is 0. The molecule has 0 spiro atoms. The van der Waals surface area contributed by atoms with Crippen molar-refractivity contribution >= 4 is 17.7 Å². The van der Waals surface area contributed by atoms with Crippen LogP contribution in [0, 0.1) is 0 Å². The van der Waals surface area contributed by atoms with Crippen LogP contribution < -0.4 is 11.5 Å². The Bertz CT molecular complexity index is 503. The molecular formula is C11H10N2O2. The Labute approximate surface area is 86.5 Å². The molecule has 0 radical (unpaired) electrons. The Balaban J connectivity index is 2.62. The molecule has 0 amide bonds. The summed E-state index contributed by atoms with van der Waals surface area (Å²) in [4.78, 5) is 10.7. The number of nitrogen functional groups attached to an aromatic ring is 2. The van der Waals surface area contributed by atoms with Crippen LogP contribution in [-0.4, -0.2) is 6.29 Å². The highest BCUT2D eigenvalue weighted by atomic mass is 16.3. The smallest absolute Gasteiger partial charge is 0.153 e. The first kappa shape index (κ1) is 9.33. The zero-order valence-corrected chi connectivity index (χ0v) is 7.94. The SMILES string of the molecule is Nc1ccc(N)c(-c2cocc2C=O)c1. The van der Waals surface area contributed by atoms with Gasteiger partial charge in [0.15, 0.2) is 6.29 Å². The minimum Gasteiger partial charge on any atom is -0.471 e. The summed E-state index contributed by atoms with van der Waals surface area (Å²) in [6, 6.07) is 5.12. The van der Waals surface area contributed by atoms with Crippen molar-refractivity contribution in [2.45, 2.75) is 0 Å². The van der Waals surface area contributed by atoms with Crippen LogP contribution >= 0.6 is 0 Å². The first-order valence-electron chi connectivity index (χ1n) is 4.39. The van der Waals surface area contributed by atoms with Gasteiger partial charge in [0.1, 0.15) is 6.26 Å². The molecule has 76 valence electrons. The minimum absolute atomic E-state index is 0.465. The van der Waals surface area contributed by atoms with E-state index in [-0.39, 0.29) is 0 Å². The van der Waals surface area contributed by atoms with Gasteiger partial charge in [0, 0.05) is 22.5 Å². The Morgan fingerprint density at radius 3 is 2.67 bits per heavy atom. The average Bonchev–Trinajstić information content (AvgIpc) is 2.69. The Kier molecular flexibility index (Phi) is 2.17. The van der Waals surface area contributed by atoms with Crippen LogP contribution in [0.3, 0.4) is 0 Å². The number of anilines is 2. The second kappa shape index (κ2) is 3.49. The van der Waals surface area contributed by atoms with Crippen molar-refractivity contribution in [1.29, 1.82) is 0 Å². The van der Waals surface area contributed by atoms with Gasteiger partial charge in [0.25, 0.3) is 0 Å². The standard InChI is InChI=1S/C11H10N2O2/c12-8-1-2-11(13)9(3-8)10-6-15-5-7(10)4-14/h1-6H,12-13H2. The van der Waals surface area contributed by atoms with Crippen molar-refractivity contribution in [3.05, 3.63) is 36.3 Å². The number of aldehydes is 1. The van der Waals surface area contributed by atoms with Gasteiger partial charge in [-0.1, -0.05) is 0 Å². The summed E-state index contributed by atoms with van der Waals surface area (Å²) < 4.78 is 4.96. The van der Waals surface area contributed by atoms with Gasteiger partial charge in [0.2, 0.25) is 0 Å². The lowest BCUT2D eigenvalue weighted by Crippen LogP contribution is -1.93. The second-order valence-corrected chi connectivity index (χ2v) is 3.21. The molecular weight excluding hydrogens is 192 g/mol. The highest BCUT2D eigenvalue weighted by Crippen LogP contribution is 2.30. The molecule has 1 heterocycles. The van der Waals surface area contributed by atoms with E-state index < -0.39 is 0 Å². The molecule has 0 bridgehead atoms. The summed E-state index contributed by atoms with van der Waals surface area (Å²) >= 11 is 0. The van der Waals surface area contributed by atoms with E-state index in [1.54, 1.807) is 18.2 Å². The normalized spacial score (nSPS) is 10.1. The number of rotatable bonds is 2. The molecule has 2 rings (SSSR count). The van der Waals surface area contributed by atoms with Crippen LogP contribution in [-0.2, 0) is 0 Å². The molecule has 4 nitrogen and oxygen atoms in total. The molecule has 15 heavy (non-hydrogen) atoms. The molecule has 0 unspecified atom stereocenters. The monoisotopic (exact) mass is 202 g/mol. The van der Waals surface area contributed by atoms with Gasteiger partial charge in [-0.25, -0.2) is 0 Å². The van der Waals surface area contributed by atoms with E-state index in [1.165, 1.54) is 12.5 Å². The summed E-state index contributed by atoms with van der Waals surface area (Å²) in [6.07, 6.45) is 3.58. The van der Waals surface area contributed by atoms with E-state index in [2.05, 4.69) is 0 Å². The summed E-state index contributed by atoms with van der Waals surface area (Å²) in [5.74, 6) is 0. The second-order valence-electron chi connectivity index (χ2n) is 3.21. The van der Waals surface area contributed by atoms with Gasteiger partial charge in [-0.2, -0.15) is 0 Å².